The summed E-state index contributed by atoms with van der Waals surface area (Å²) in [6.45, 7) is 10.8. The van der Waals surface area contributed by atoms with Crippen molar-refractivity contribution >= 4 is 58.4 Å². The molecule has 0 spiro atoms. The van der Waals surface area contributed by atoms with Gasteiger partial charge in [-0.15, -0.1) is 0 Å². The number of carbonyl (C=O) groups is 6. The molecule has 0 saturated heterocycles. The van der Waals surface area contributed by atoms with Crippen LogP contribution in [0.4, 0.5) is 22.7 Å². The molecule has 396 valence electrons. The maximum Gasteiger partial charge on any atom is 2.00 e. The SMILES string of the molecule is CCN(CC)C(=O)c1cccnc1.CCN(CC)C(=O)c1cccnc1.CN(C)c1ccc(C(=O)[O-])cc1.CN(C)c1ccc(C(=O)[O-])cc1.CN(C)c1ccc(C(=O)[O-])cc1.CN(C)c1ccc(C(=O)[O-])cc1.[Zn+2].[Zn+2]. The van der Waals surface area contributed by atoms with Crippen LogP contribution in [0.5, 0.6) is 0 Å². The minimum atomic E-state index is -1.14. The Labute approximate surface area is 473 Å². The molecule has 0 saturated carbocycles. The molecule has 0 unspecified atom stereocenters. The standard InChI is InChI=1S/2C10H14N2O.4C9H11NO2.2Zn/c2*1-3-12(4-2)10(13)9-6-5-7-11-8-9;4*1-10(2)8-5-3-7(4-6-8)9(11)12;;/h2*5-8H,3-4H2,1-2H3;4*3-6H,1-2H3,(H,11,12);;/q;;;;;;2*+2/p-4. The number of hydrogen-bond donors (Lipinski definition) is 0. The molecule has 6 aromatic rings. The van der Waals surface area contributed by atoms with Gasteiger partial charge in [0.15, 0.2) is 0 Å². The number of nitrogens with zero attached hydrogens (tertiary/aromatic N) is 8. The summed E-state index contributed by atoms with van der Waals surface area (Å²) in [5.41, 5.74) is 6.04. The van der Waals surface area contributed by atoms with Crippen LogP contribution in [-0.2, 0) is 39.0 Å². The summed E-state index contributed by atoms with van der Waals surface area (Å²) in [7, 11) is 15.2. The number of amides is 2. The Hall–Kier alpha value is -7.55. The van der Waals surface area contributed by atoms with Crippen molar-refractivity contribution in [3.63, 3.8) is 0 Å². The van der Waals surface area contributed by atoms with E-state index in [0.29, 0.717) is 11.1 Å². The molecular weight excluding hydrogens is 1080 g/mol. The summed E-state index contributed by atoms with van der Waals surface area (Å²) in [5.74, 6) is -4.45. The third-order valence-corrected chi connectivity index (χ3v) is 10.4. The van der Waals surface area contributed by atoms with Crippen molar-refractivity contribution in [2.45, 2.75) is 27.7 Å². The molecule has 0 fully saturated rings. The summed E-state index contributed by atoms with van der Waals surface area (Å²) in [4.78, 5) is 83.8. The van der Waals surface area contributed by atoms with Gasteiger partial charge >= 0.3 is 39.0 Å². The minimum Gasteiger partial charge on any atom is -0.545 e. The summed E-state index contributed by atoms with van der Waals surface area (Å²) in [6.07, 6.45) is 6.53. The number of anilines is 4. The Bertz CT molecular complexity index is 2300. The molecule has 18 nitrogen and oxygen atoms in total. The zero-order chi connectivity index (χ0) is 55.9. The zero-order valence-corrected chi connectivity index (χ0v) is 51.7. The van der Waals surface area contributed by atoms with E-state index in [1.165, 1.54) is 48.5 Å². The molecule has 2 amide bonds. The van der Waals surface area contributed by atoms with Gasteiger partial charge in [0.2, 0.25) is 0 Å². The van der Waals surface area contributed by atoms with E-state index in [0.717, 1.165) is 48.9 Å². The van der Waals surface area contributed by atoms with E-state index in [-0.39, 0.29) is 73.0 Å². The van der Waals surface area contributed by atoms with Gasteiger partial charge in [0.1, 0.15) is 0 Å². The molecule has 0 radical (unpaired) electrons. The molecule has 0 N–H and O–H groups in total. The monoisotopic (exact) mass is 1140 g/mol. The van der Waals surface area contributed by atoms with Crippen molar-refractivity contribution in [3.8, 4) is 0 Å². The Kier molecular flexibility index (Phi) is 35.3. The summed E-state index contributed by atoms with van der Waals surface area (Å²) in [5, 5.41) is 41.4. The molecule has 20 heteroatoms. The van der Waals surface area contributed by atoms with Crippen LogP contribution in [0.2, 0.25) is 0 Å². The Morgan fingerprint density at radius 3 is 0.671 bits per heavy atom. The first-order valence-corrected chi connectivity index (χ1v) is 23.4. The van der Waals surface area contributed by atoms with Crippen LogP contribution in [0.1, 0.15) is 89.8 Å². The van der Waals surface area contributed by atoms with Crippen LogP contribution >= 0.6 is 0 Å². The van der Waals surface area contributed by atoms with Crippen molar-refractivity contribution in [3.05, 3.63) is 179 Å². The first-order valence-electron chi connectivity index (χ1n) is 23.4. The van der Waals surface area contributed by atoms with E-state index in [1.807, 2.05) is 104 Å². The van der Waals surface area contributed by atoms with E-state index in [2.05, 4.69) is 9.97 Å². The Morgan fingerprint density at radius 1 is 0.342 bits per heavy atom. The van der Waals surface area contributed by atoms with Gasteiger partial charge in [-0.25, -0.2) is 0 Å². The summed E-state index contributed by atoms with van der Waals surface area (Å²) >= 11 is 0. The van der Waals surface area contributed by atoms with E-state index >= 15 is 0 Å². The number of carbonyl (C=O) groups excluding carboxylic acids is 6. The molecule has 6 rings (SSSR count). The predicted octanol–water partition coefficient (Wildman–Crippen LogP) is 3.59. The van der Waals surface area contributed by atoms with Crippen molar-refractivity contribution in [1.29, 1.82) is 0 Å². The van der Waals surface area contributed by atoms with Crippen molar-refractivity contribution in [2.75, 3.05) is 102 Å². The smallest absolute Gasteiger partial charge is 0.545 e. The fourth-order valence-electron chi connectivity index (χ4n) is 5.95. The van der Waals surface area contributed by atoms with Gasteiger partial charge < -0.3 is 69.0 Å². The largest absolute Gasteiger partial charge is 2.00 e. The van der Waals surface area contributed by atoms with E-state index < -0.39 is 23.9 Å². The number of hydrogen-bond acceptors (Lipinski definition) is 16. The van der Waals surface area contributed by atoms with Gasteiger partial charge in [0.25, 0.3) is 11.8 Å². The number of pyridine rings is 2. The number of aromatic nitrogens is 2. The van der Waals surface area contributed by atoms with Crippen molar-refractivity contribution < 1.29 is 88.1 Å². The molecule has 0 aliphatic heterocycles. The van der Waals surface area contributed by atoms with Gasteiger partial charge in [0, 0.05) is 130 Å². The average molecular weight is 1140 g/mol. The van der Waals surface area contributed by atoms with Crippen LogP contribution in [0, 0.1) is 0 Å². The molecule has 76 heavy (non-hydrogen) atoms. The first kappa shape index (κ1) is 70.5. The molecule has 2 heterocycles. The molecule has 0 bridgehead atoms. The molecule has 0 aliphatic carbocycles. The van der Waals surface area contributed by atoms with Crippen LogP contribution < -0.4 is 40.0 Å². The van der Waals surface area contributed by atoms with E-state index in [1.54, 1.807) is 107 Å². The Balaban J connectivity index is 0. The quantitative estimate of drug-likeness (QED) is 0.142. The maximum atomic E-state index is 11.7. The van der Waals surface area contributed by atoms with Crippen molar-refractivity contribution in [2.24, 2.45) is 0 Å². The van der Waals surface area contributed by atoms with Gasteiger partial charge in [-0.3, -0.25) is 19.6 Å². The topological polar surface area (TPSA) is 240 Å². The number of benzene rings is 4. The summed E-state index contributed by atoms with van der Waals surface area (Å²) in [6, 6.07) is 33.3. The second-order valence-electron chi connectivity index (χ2n) is 16.4. The van der Waals surface area contributed by atoms with Gasteiger partial charge in [-0.2, -0.15) is 0 Å². The van der Waals surface area contributed by atoms with Crippen LogP contribution in [0.15, 0.2) is 146 Å². The molecular formula is C56H68N8O10Zn2. The second kappa shape index (κ2) is 38.1. The second-order valence-corrected chi connectivity index (χ2v) is 16.4. The van der Waals surface area contributed by atoms with E-state index in [4.69, 9.17) is 0 Å². The first-order chi connectivity index (χ1) is 35.0. The minimum absolute atomic E-state index is 0. The molecule has 0 aliphatic rings. The fraction of sp³-hybridized carbons (Fsp3) is 0.286. The normalized spacial score (nSPS) is 9.32. The van der Waals surface area contributed by atoms with Crippen LogP contribution in [0.25, 0.3) is 0 Å². The van der Waals surface area contributed by atoms with Gasteiger partial charge in [-0.05, 0) is 123 Å². The number of carboxylic acids is 4. The fourth-order valence-corrected chi connectivity index (χ4v) is 5.95. The number of aromatic carboxylic acids is 4. The van der Waals surface area contributed by atoms with Crippen LogP contribution in [0.3, 0.4) is 0 Å². The third-order valence-electron chi connectivity index (χ3n) is 10.4. The maximum absolute atomic E-state index is 11.7. The van der Waals surface area contributed by atoms with Gasteiger partial charge in [-0.1, -0.05) is 48.5 Å². The zero-order valence-electron chi connectivity index (χ0n) is 45.8. The molecule has 2 aromatic heterocycles. The van der Waals surface area contributed by atoms with Crippen molar-refractivity contribution in [1.82, 2.24) is 19.8 Å². The number of carboxylic acid groups (broad SMARTS) is 4. The molecule has 4 aromatic carbocycles. The third kappa shape index (κ3) is 26.1. The van der Waals surface area contributed by atoms with Crippen LogP contribution in [-0.4, -0.2) is 138 Å². The predicted molar refractivity (Wildman–Crippen MR) is 283 cm³/mol. The van der Waals surface area contributed by atoms with E-state index in [9.17, 15) is 49.2 Å². The summed E-state index contributed by atoms with van der Waals surface area (Å²) < 4.78 is 0. The van der Waals surface area contributed by atoms with Gasteiger partial charge in [0.05, 0.1) is 35.0 Å². The Morgan fingerprint density at radius 2 is 0.539 bits per heavy atom. The number of rotatable bonds is 14. The average Bonchev–Trinajstić information content (AvgIpc) is 3.40. The molecule has 0 atom stereocenters.